The fourth-order valence-corrected chi connectivity index (χ4v) is 5.67. The van der Waals surface area contributed by atoms with Crippen LogP contribution in [0, 0.1) is 0 Å². The number of esters is 1. The summed E-state index contributed by atoms with van der Waals surface area (Å²) in [6.45, 7) is 20.4. The SMILES string of the molecule is C=CCCCCO.CC(C)(C)OC(=O)CCO.CC(C)(C)OC(=O)NCCCO.CC1(C)OCC(CCO)O1.CO.OCCCCc1ccccc1.OCCCc1ccccn1.OCCc1cccs1. The Hall–Kier alpha value is -3.85. The van der Waals surface area contributed by atoms with Crippen molar-refractivity contribution in [3.05, 3.63) is 101 Å². The van der Waals surface area contributed by atoms with Crippen LogP contribution in [0.1, 0.15) is 129 Å². The topological polar surface area (TPSA) is 258 Å². The fraction of sp³-hybridized carbons (Fsp3) is 0.642. The molecule has 1 aliphatic rings. The molecule has 16 nitrogen and oxygen atoms in total. The van der Waals surface area contributed by atoms with E-state index in [2.05, 4.69) is 29.0 Å². The smallest absolute Gasteiger partial charge is 0.407 e. The molecule has 1 aliphatic heterocycles. The van der Waals surface area contributed by atoms with Gasteiger partial charge in [-0.15, -0.1) is 17.9 Å². The van der Waals surface area contributed by atoms with E-state index < -0.39 is 23.1 Å². The Labute approximate surface area is 424 Å². The molecule has 1 atom stereocenters. The Morgan fingerprint density at radius 1 is 0.729 bits per heavy atom. The number of amides is 1. The van der Waals surface area contributed by atoms with Gasteiger partial charge in [0.15, 0.2) is 5.79 Å². The third-order valence-electron chi connectivity index (χ3n) is 8.05. The van der Waals surface area contributed by atoms with E-state index in [0.29, 0.717) is 39.2 Å². The number of aromatic nitrogens is 1. The third kappa shape index (κ3) is 56.7. The number of nitrogens with zero attached hydrogens (tertiary/aromatic N) is 1. The minimum absolute atomic E-state index is 0.0792. The van der Waals surface area contributed by atoms with Crippen molar-refractivity contribution in [2.24, 2.45) is 0 Å². The zero-order valence-electron chi connectivity index (χ0n) is 44.0. The molecule has 17 heteroatoms. The molecule has 1 saturated heterocycles. The van der Waals surface area contributed by atoms with Crippen molar-refractivity contribution in [1.82, 2.24) is 10.3 Å². The zero-order valence-corrected chi connectivity index (χ0v) is 44.8. The van der Waals surface area contributed by atoms with Crippen LogP contribution >= 0.6 is 11.3 Å². The molecule has 1 amide bonds. The molecule has 1 fully saturated rings. The van der Waals surface area contributed by atoms with E-state index in [-0.39, 0.29) is 51.5 Å². The van der Waals surface area contributed by atoms with Gasteiger partial charge in [-0.1, -0.05) is 48.5 Å². The summed E-state index contributed by atoms with van der Waals surface area (Å²) >= 11 is 1.69. The van der Waals surface area contributed by atoms with Gasteiger partial charge in [-0.05, 0) is 149 Å². The van der Waals surface area contributed by atoms with Gasteiger partial charge in [-0.2, -0.15) is 0 Å². The maximum atomic E-state index is 10.9. The molecule has 70 heavy (non-hydrogen) atoms. The third-order valence-corrected chi connectivity index (χ3v) is 8.98. The lowest BCUT2D eigenvalue weighted by atomic mass is 10.1. The lowest BCUT2D eigenvalue weighted by Gasteiger charge is -2.19. The lowest BCUT2D eigenvalue weighted by molar-refractivity contribution is -0.155. The molecule has 4 rings (SSSR count). The first-order valence-corrected chi connectivity index (χ1v) is 24.9. The van der Waals surface area contributed by atoms with E-state index in [0.717, 1.165) is 70.6 Å². The van der Waals surface area contributed by atoms with Crippen LogP contribution in [0.15, 0.2) is 84.9 Å². The quantitative estimate of drug-likeness (QED) is 0.0304. The maximum Gasteiger partial charge on any atom is 0.407 e. The Morgan fingerprint density at radius 2 is 1.33 bits per heavy atom. The van der Waals surface area contributed by atoms with Crippen molar-refractivity contribution in [3.63, 3.8) is 0 Å². The molecule has 0 spiro atoms. The lowest BCUT2D eigenvalue weighted by Crippen LogP contribution is -2.33. The van der Waals surface area contributed by atoms with Gasteiger partial charge in [0.2, 0.25) is 0 Å². The van der Waals surface area contributed by atoms with E-state index in [4.69, 9.17) is 59.8 Å². The van der Waals surface area contributed by atoms with Gasteiger partial charge in [0.05, 0.1) is 25.7 Å². The average Bonchev–Trinajstić information content (AvgIpc) is 3.96. The number of thiophene rings is 1. The number of rotatable bonds is 20. The second kappa shape index (κ2) is 50.1. The normalized spacial score (nSPS) is 12.9. The van der Waals surface area contributed by atoms with Crippen LogP contribution in [0.5, 0.6) is 0 Å². The van der Waals surface area contributed by atoms with Crippen LogP contribution in [-0.2, 0) is 43.0 Å². The van der Waals surface area contributed by atoms with Gasteiger partial charge in [-0.25, -0.2) is 4.79 Å². The summed E-state index contributed by atoms with van der Waals surface area (Å²) < 4.78 is 20.5. The standard InChI is InChI=1S/C10H14O.C8H17NO3.C8H11NO.2C7H14O3.C6H8OS.C6H12O.CH4O/c11-9-5-4-8-10-6-2-1-3-7-10;1-8(2,3)12-7(11)9-5-4-6-10;10-7-3-5-8-4-1-2-6-9-8;1-7(2)9-5-6(10-7)3-4-8;1-7(2,3)10-6(9)4-5-8;7-4-3-6-2-1-5-8-6;1-2-3-4-5-6-7;1-2/h1-3,6-7,11H,4-5,8-9H2;10H,4-6H2,1-3H3,(H,9,11);1-2,4,6,10H,3,5,7H2;6,8H,3-5H2,1-2H3;8H,4-5H2,1-3H3;1-2,5,7H,3-4H2;2,7H,1,3-6H2;2H,1H3. The monoisotopic (exact) mass is 1010 g/mol. The zero-order chi connectivity index (χ0) is 54.0. The minimum Gasteiger partial charge on any atom is -0.460 e. The van der Waals surface area contributed by atoms with Crippen LogP contribution in [0.4, 0.5) is 4.79 Å². The van der Waals surface area contributed by atoms with Crippen LogP contribution in [0.2, 0.25) is 0 Å². The van der Waals surface area contributed by atoms with Crippen molar-refractivity contribution >= 4 is 23.4 Å². The molecular weight excluding hydrogens is 921 g/mol. The number of carbonyl (C=O) groups is 2. The second-order valence-electron chi connectivity index (χ2n) is 17.4. The van der Waals surface area contributed by atoms with Crippen molar-refractivity contribution in [2.45, 2.75) is 156 Å². The number of unbranched alkanes of at least 4 members (excludes halogenated alkanes) is 3. The van der Waals surface area contributed by atoms with E-state index in [1.165, 1.54) is 10.4 Å². The highest BCUT2D eigenvalue weighted by atomic mass is 32.1. The first kappa shape index (κ1) is 72.7. The molecule has 0 bridgehead atoms. The largest absolute Gasteiger partial charge is 0.460 e. The van der Waals surface area contributed by atoms with E-state index >= 15 is 0 Å². The summed E-state index contributed by atoms with van der Waals surface area (Å²) in [6.07, 6.45) is 13.2. The number of benzene rings is 1. The van der Waals surface area contributed by atoms with Gasteiger partial charge < -0.3 is 65.1 Å². The summed E-state index contributed by atoms with van der Waals surface area (Å²) in [6, 6.07) is 20.2. The van der Waals surface area contributed by atoms with Crippen LogP contribution in [0.3, 0.4) is 0 Å². The predicted molar refractivity (Wildman–Crippen MR) is 281 cm³/mol. The Morgan fingerprint density at radius 3 is 1.79 bits per heavy atom. The minimum atomic E-state index is -0.455. The molecular formula is C53H94N2O14S. The Balaban J connectivity index is -0.000000362. The first-order chi connectivity index (χ1) is 33.3. The summed E-state index contributed by atoms with van der Waals surface area (Å²) in [5, 5.41) is 70.6. The molecule has 1 unspecified atom stereocenters. The number of hydrogen-bond acceptors (Lipinski definition) is 16. The van der Waals surface area contributed by atoms with Gasteiger partial charge in [0.25, 0.3) is 0 Å². The van der Waals surface area contributed by atoms with Crippen molar-refractivity contribution in [2.75, 3.05) is 66.5 Å². The maximum absolute atomic E-state index is 10.9. The number of pyridine rings is 1. The summed E-state index contributed by atoms with van der Waals surface area (Å²) in [5.74, 6) is -0.796. The van der Waals surface area contributed by atoms with Crippen LogP contribution in [-0.4, -0.2) is 148 Å². The number of nitrogens with one attached hydrogen (secondary N) is 1. The van der Waals surface area contributed by atoms with E-state index in [9.17, 15) is 9.59 Å². The Bertz CT molecular complexity index is 1540. The summed E-state index contributed by atoms with van der Waals surface area (Å²) in [7, 11) is 1.00. The van der Waals surface area contributed by atoms with Crippen molar-refractivity contribution in [1.29, 1.82) is 0 Å². The molecule has 3 aromatic rings. The molecule has 0 aliphatic carbocycles. The van der Waals surface area contributed by atoms with E-state index in [1.54, 1.807) is 59.1 Å². The van der Waals surface area contributed by atoms with Gasteiger partial charge >= 0.3 is 12.1 Å². The highest BCUT2D eigenvalue weighted by Crippen LogP contribution is 2.23. The number of aryl methyl sites for hydroxylation is 2. The summed E-state index contributed by atoms with van der Waals surface area (Å²) in [5.41, 5.74) is 1.52. The molecule has 2 aromatic heterocycles. The number of allylic oxidation sites excluding steroid dienone is 1. The number of ether oxygens (including phenoxy) is 4. The second-order valence-corrected chi connectivity index (χ2v) is 18.4. The number of aliphatic hydroxyl groups is 8. The molecule has 1 aromatic carbocycles. The van der Waals surface area contributed by atoms with Crippen molar-refractivity contribution < 1.29 is 69.4 Å². The van der Waals surface area contributed by atoms with Gasteiger partial charge in [-0.3, -0.25) is 9.78 Å². The van der Waals surface area contributed by atoms with Crippen molar-refractivity contribution in [3.8, 4) is 0 Å². The number of hydrogen-bond donors (Lipinski definition) is 9. The highest BCUT2D eigenvalue weighted by molar-refractivity contribution is 7.09. The van der Waals surface area contributed by atoms with Crippen LogP contribution in [0.25, 0.3) is 0 Å². The fourth-order valence-electron chi connectivity index (χ4n) is 4.97. The number of alkyl carbamates (subject to hydrolysis) is 1. The molecule has 9 N–H and O–H groups in total. The molecule has 406 valence electrons. The number of carbonyl (C=O) groups excluding carboxylic acids is 2. The molecule has 3 heterocycles. The Kier molecular flexibility index (Phi) is 52.0. The molecule has 0 saturated carbocycles. The van der Waals surface area contributed by atoms with E-state index in [1.807, 2.05) is 73.8 Å². The molecule has 0 radical (unpaired) electrons. The van der Waals surface area contributed by atoms with Gasteiger partial charge in [0.1, 0.15) is 11.2 Å². The number of aliphatic hydroxyl groups excluding tert-OH is 8. The first-order valence-electron chi connectivity index (χ1n) is 24.0. The highest BCUT2D eigenvalue weighted by Gasteiger charge is 2.31. The predicted octanol–water partition coefficient (Wildman–Crippen LogP) is 7.36. The van der Waals surface area contributed by atoms with Crippen LogP contribution < -0.4 is 5.32 Å². The van der Waals surface area contributed by atoms with Gasteiger partial charge in [0, 0.05) is 76.5 Å². The average molecular weight is 1020 g/mol. The summed E-state index contributed by atoms with van der Waals surface area (Å²) in [4.78, 5) is 27.0.